The Morgan fingerprint density at radius 1 is 1.29 bits per heavy atom. The second-order valence-corrected chi connectivity index (χ2v) is 5.68. The molecule has 0 saturated heterocycles. The van der Waals surface area contributed by atoms with Crippen LogP contribution in [0, 0.1) is 0 Å². The molecule has 0 aliphatic heterocycles. The number of aliphatic imine (C=N–C) groups is 1. The van der Waals surface area contributed by atoms with Gasteiger partial charge in [0.25, 0.3) is 0 Å². The first kappa shape index (κ1) is 20.6. The SMILES string of the molecule is CN=C(NCCOc1ccc(Cl)cc1)N(C)Cc1cccn1C.I. The van der Waals surface area contributed by atoms with Crippen molar-refractivity contribution in [1.82, 2.24) is 14.8 Å². The number of hydrogen-bond acceptors (Lipinski definition) is 2. The van der Waals surface area contributed by atoms with Crippen LogP contribution >= 0.6 is 35.6 Å². The third kappa shape index (κ3) is 6.24. The van der Waals surface area contributed by atoms with E-state index in [-0.39, 0.29) is 24.0 Å². The number of nitrogens with one attached hydrogen (secondary N) is 1. The molecule has 0 bridgehead atoms. The molecule has 0 unspecified atom stereocenters. The van der Waals surface area contributed by atoms with Crippen LogP contribution in [-0.4, -0.2) is 42.7 Å². The summed E-state index contributed by atoms with van der Waals surface area (Å²) in [7, 11) is 5.84. The molecule has 1 aromatic carbocycles. The summed E-state index contributed by atoms with van der Waals surface area (Å²) in [6.07, 6.45) is 2.04. The summed E-state index contributed by atoms with van der Waals surface area (Å²) in [6.45, 7) is 2.02. The number of nitrogens with zero attached hydrogens (tertiary/aromatic N) is 3. The normalized spacial score (nSPS) is 10.9. The van der Waals surface area contributed by atoms with Gasteiger partial charge >= 0.3 is 0 Å². The van der Waals surface area contributed by atoms with E-state index in [2.05, 4.69) is 25.8 Å². The molecule has 0 aliphatic rings. The lowest BCUT2D eigenvalue weighted by molar-refractivity contribution is 0.319. The average Bonchev–Trinajstić information content (AvgIpc) is 2.94. The van der Waals surface area contributed by atoms with Gasteiger partial charge in [0.05, 0.1) is 13.1 Å². The lowest BCUT2D eigenvalue weighted by atomic mass is 10.3. The largest absolute Gasteiger partial charge is 0.492 e. The highest BCUT2D eigenvalue weighted by Gasteiger charge is 2.07. The van der Waals surface area contributed by atoms with E-state index < -0.39 is 0 Å². The molecule has 0 saturated carbocycles. The lowest BCUT2D eigenvalue weighted by Crippen LogP contribution is -2.40. The van der Waals surface area contributed by atoms with Gasteiger partial charge in [-0.15, -0.1) is 24.0 Å². The molecule has 5 nitrogen and oxygen atoms in total. The number of benzene rings is 1. The Morgan fingerprint density at radius 3 is 2.58 bits per heavy atom. The fraction of sp³-hybridized carbons (Fsp3) is 0.353. The second-order valence-electron chi connectivity index (χ2n) is 5.24. The first-order valence-electron chi connectivity index (χ1n) is 7.50. The predicted octanol–water partition coefficient (Wildman–Crippen LogP) is 3.38. The van der Waals surface area contributed by atoms with E-state index in [0.717, 1.165) is 18.3 Å². The lowest BCUT2D eigenvalue weighted by Gasteiger charge is -2.22. The zero-order valence-electron chi connectivity index (χ0n) is 14.2. The molecule has 0 amide bonds. The average molecular weight is 463 g/mol. The van der Waals surface area contributed by atoms with Gasteiger partial charge in [0.15, 0.2) is 5.96 Å². The Morgan fingerprint density at radius 2 is 2.00 bits per heavy atom. The molecule has 132 valence electrons. The van der Waals surface area contributed by atoms with Crippen molar-refractivity contribution >= 4 is 41.5 Å². The van der Waals surface area contributed by atoms with E-state index in [1.807, 2.05) is 50.6 Å². The molecule has 0 spiro atoms. The van der Waals surface area contributed by atoms with Crippen LogP contribution in [0.15, 0.2) is 47.6 Å². The molecule has 0 fully saturated rings. The molecular formula is C17H24ClIN4O. The van der Waals surface area contributed by atoms with Crippen LogP contribution in [-0.2, 0) is 13.6 Å². The molecule has 0 radical (unpaired) electrons. The number of aromatic nitrogens is 1. The molecule has 2 aromatic rings. The third-order valence-electron chi connectivity index (χ3n) is 3.49. The topological polar surface area (TPSA) is 41.8 Å². The van der Waals surface area contributed by atoms with E-state index in [0.29, 0.717) is 18.2 Å². The summed E-state index contributed by atoms with van der Waals surface area (Å²) >= 11 is 5.85. The predicted molar refractivity (Wildman–Crippen MR) is 111 cm³/mol. The molecule has 7 heteroatoms. The van der Waals surface area contributed by atoms with Crippen molar-refractivity contribution in [3.8, 4) is 5.75 Å². The maximum absolute atomic E-state index is 5.85. The van der Waals surface area contributed by atoms with Crippen LogP contribution in [0.4, 0.5) is 0 Å². The van der Waals surface area contributed by atoms with E-state index in [1.165, 1.54) is 5.69 Å². The Balaban J connectivity index is 0.00000288. The van der Waals surface area contributed by atoms with Crippen molar-refractivity contribution in [2.75, 3.05) is 27.2 Å². The van der Waals surface area contributed by atoms with Crippen LogP contribution in [0.3, 0.4) is 0 Å². The molecule has 0 aliphatic carbocycles. The van der Waals surface area contributed by atoms with Gasteiger partial charge in [-0.3, -0.25) is 4.99 Å². The Labute approximate surface area is 165 Å². The van der Waals surface area contributed by atoms with Crippen molar-refractivity contribution in [1.29, 1.82) is 0 Å². The summed E-state index contributed by atoms with van der Waals surface area (Å²) in [6, 6.07) is 11.5. The minimum Gasteiger partial charge on any atom is -0.492 e. The van der Waals surface area contributed by atoms with Crippen LogP contribution in [0.25, 0.3) is 0 Å². The van der Waals surface area contributed by atoms with Gasteiger partial charge in [-0.2, -0.15) is 0 Å². The van der Waals surface area contributed by atoms with E-state index in [4.69, 9.17) is 16.3 Å². The maximum Gasteiger partial charge on any atom is 0.193 e. The van der Waals surface area contributed by atoms with E-state index in [9.17, 15) is 0 Å². The molecule has 24 heavy (non-hydrogen) atoms. The number of hydrogen-bond donors (Lipinski definition) is 1. The number of halogens is 2. The molecule has 2 rings (SSSR count). The Kier molecular flexibility index (Phi) is 8.99. The number of rotatable bonds is 6. The van der Waals surface area contributed by atoms with E-state index in [1.54, 1.807) is 7.05 Å². The van der Waals surface area contributed by atoms with Gasteiger partial charge in [0.2, 0.25) is 0 Å². The summed E-state index contributed by atoms with van der Waals surface area (Å²) < 4.78 is 7.77. The number of ether oxygens (including phenoxy) is 1. The van der Waals surface area contributed by atoms with E-state index >= 15 is 0 Å². The van der Waals surface area contributed by atoms with Crippen molar-refractivity contribution in [2.24, 2.45) is 12.0 Å². The summed E-state index contributed by atoms with van der Waals surface area (Å²) in [5.74, 6) is 1.65. The minimum atomic E-state index is 0. The summed E-state index contributed by atoms with van der Waals surface area (Å²) in [5.41, 5.74) is 1.23. The number of guanidine groups is 1. The van der Waals surface area contributed by atoms with Gasteiger partial charge in [-0.25, -0.2) is 0 Å². The van der Waals surface area contributed by atoms with Crippen molar-refractivity contribution < 1.29 is 4.74 Å². The molecular weight excluding hydrogens is 439 g/mol. The zero-order chi connectivity index (χ0) is 16.7. The smallest absolute Gasteiger partial charge is 0.193 e. The van der Waals surface area contributed by atoms with Crippen molar-refractivity contribution in [3.05, 3.63) is 53.3 Å². The molecule has 1 aromatic heterocycles. The maximum atomic E-state index is 5.85. The van der Waals surface area contributed by atoms with Gasteiger partial charge in [0, 0.05) is 38.1 Å². The highest BCUT2D eigenvalue weighted by Crippen LogP contribution is 2.15. The van der Waals surface area contributed by atoms with Gasteiger partial charge < -0.3 is 19.5 Å². The van der Waals surface area contributed by atoms with Gasteiger partial charge in [-0.1, -0.05) is 11.6 Å². The monoisotopic (exact) mass is 462 g/mol. The standard InChI is InChI=1S/C17H23ClN4O.HI/c1-19-17(22(3)13-15-5-4-11-21(15)2)20-10-12-23-16-8-6-14(18)7-9-16;/h4-9,11H,10,12-13H2,1-3H3,(H,19,20);1H. The highest BCUT2D eigenvalue weighted by atomic mass is 127. The first-order valence-corrected chi connectivity index (χ1v) is 7.88. The van der Waals surface area contributed by atoms with Crippen molar-refractivity contribution in [2.45, 2.75) is 6.54 Å². The van der Waals surface area contributed by atoms with Gasteiger partial charge in [0.1, 0.15) is 12.4 Å². The number of aryl methyl sites for hydroxylation is 1. The third-order valence-corrected chi connectivity index (χ3v) is 3.74. The fourth-order valence-electron chi connectivity index (χ4n) is 2.23. The van der Waals surface area contributed by atoms with Crippen molar-refractivity contribution in [3.63, 3.8) is 0 Å². The zero-order valence-corrected chi connectivity index (χ0v) is 17.3. The fourth-order valence-corrected chi connectivity index (χ4v) is 2.35. The Bertz CT molecular complexity index is 642. The van der Waals surface area contributed by atoms with Crippen LogP contribution in [0.5, 0.6) is 5.75 Å². The molecule has 1 heterocycles. The van der Waals surface area contributed by atoms with Gasteiger partial charge in [-0.05, 0) is 36.4 Å². The quantitative estimate of drug-likeness (QED) is 0.310. The summed E-state index contributed by atoms with van der Waals surface area (Å²) in [4.78, 5) is 6.38. The molecule has 1 N–H and O–H groups in total. The first-order chi connectivity index (χ1) is 11.1. The molecule has 0 atom stereocenters. The summed E-state index contributed by atoms with van der Waals surface area (Å²) in [5, 5.41) is 4.00. The van der Waals surface area contributed by atoms with Crippen LogP contribution in [0.2, 0.25) is 5.02 Å². The van der Waals surface area contributed by atoms with Crippen LogP contribution in [0.1, 0.15) is 5.69 Å². The van der Waals surface area contributed by atoms with Crippen LogP contribution < -0.4 is 10.1 Å². The Hall–Kier alpha value is -1.41. The highest BCUT2D eigenvalue weighted by molar-refractivity contribution is 14.0. The minimum absolute atomic E-state index is 0. The second kappa shape index (κ2) is 10.5.